The zero-order valence-corrected chi connectivity index (χ0v) is 12.2. The topological polar surface area (TPSA) is 115 Å². The van der Waals surface area contributed by atoms with Crippen molar-refractivity contribution in [2.45, 2.75) is 19.9 Å². The van der Waals surface area contributed by atoms with Crippen LogP contribution in [-0.4, -0.2) is 23.8 Å². The van der Waals surface area contributed by atoms with Crippen LogP contribution in [0.1, 0.15) is 25.5 Å². The Bertz CT molecular complexity index is 627. The number of esters is 1. The monoisotopic (exact) mass is 307 g/mol. The summed E-state index contributed by atoms with van der Waals surface area (Å²) in [5.41, 5.74) is 0.874. The molecule has 0 saturated carbocycles. The Labute approximate surface area is 126 Å². The number of quaternary nitrogens is 1. The van der Waals surface area contributed by atoms with Crippen molar-refractivity contribution in [2.24, 2.45) is 0 Å². The van der Waals surface area contributed by atoms with Crippen molar-refractivity contribution >= 4 is 17.7 Å². The smallest absolute Gasteiger partial charge is 0.338 e. The molecule has 22 heavy (non-hydrogen) atoms. The number of carbonyl (C=O) groups excluding carboxylic acids is 2. The molecule has 0 saturated heterocycles. The van der Waals surface area contributed by atoms with Gasteiger partial charge in [-0.05, 0) is 13.8 Å². The lowest BCUT2D eigenvalue weighted by Crippen LogP contribution is -2.99. The molecule has 0 aliphatic carbocycles. The molecule has 0 aromatic heterocycles. The molecular formula is C14H17N3O5. The van der Waals surface area contributed by atoms with Crippen LogP contribution < -0.4 is 15.9 Å². The number of benzene rings is 1. The Morgan fingerprint density at radius 2 is 2.14 bits per heavy atom. The van der Waals surface area contributed by atoms with Crippen molar-refractivity contribution in [2.75, 3.05) is 6.61 Å². The number of nitrogens with one attached hydrogen (secondary N) is 3. The van der Waals surface area contributed by atoms with E-state index >= 15 is 0 Å². The standard InChI is InChI=1S/C14H17N3O5/c1-3-22-13(18)11-8(2)15-14(19)16-12(11)9-6-4-5-7-10(9)17(20)21/h4-7,12,17,20H,3H2,1-2H3,(H2,15,16,19). The number of rotatable bonds is 4. The average molecular weight is 307 g/mol. The first-order valence-electron chi connectivity index (χ1n) is 6.73. The molecule has 0 fully saturated rings. The van der Waals surface area contributed by atoms with Gasteiger partial charge in [0.25, 0.3) is 0 Å². The molecule has 0 bridgehead atoms. The summed E-state index contributed by atoms with van der Waals surface area (Å²) in [6.07, 6.45) is 0. The van der Waals surface area contributed by atoms with Gasteiger partial charge in [0.1, 0.15) is 0 Å². The lowest BCUT2D eigenvalue weighted by Gasteiger charge is -2.29. The first-order valence-corrected chi connectivity index (χ1v) is 6.73. The molecular weight excluding hydrogens is 290 g/mol. The van der Waals surface area contributed by atoms with E-state index in [0.29, 0.717) is 11.3 Å². The molecule has 0 spiro atoms. The molecule has 2 atom stereocenters. The van der Waals surface area contributed by atoms with Gasteiger partial charge in [0.05, 0.1) is 18.2 Å². The van der Waals surface area contributed by atoms with Crippen molar-refractivity contribution in [3.8, 4) is 0 Å². The van der Waals surface area contributed by atoms with Crippen LogP contribution in [0.15, 0.2) is 35.5 Å². The van der Waals surface area contributed by atoms with E-state index in [9.17, 15) is 20.0 Å². The highest BCUT2D eigenvalue weighted by Gasteiger charge is 2.34. The molecule has 1 aliphatic heterocycles. The SMILES string of the molecule is CCOC(=O)C1=C(C)NC(=O)NC1c1ccccc1[NH+]([O-])O. The van der Waals surface area contributed by atoms with Crippen LogP contribution in [0.4, 0.5) is 10.5 Å². The van der Waals surface area contributed by atoms with Gasteiger partial charge in [-0.25, -0.2) is 14.8 Å². The first kappa shape index (κ1) is 16.0. The van der Waals surface area contributed by atoms with Crippen LogP contribution in [0.2, 0.25) is 0 Å². The minimum absolute atomic E-state index is 0.0179. The van der Waals surface area contributed by atoms with Gasteiger partial charge < -0.3 is 20.6 Å². The Morgan fingerprint density at radius 3 is 2.77 bits per heavy atom. The van der Waals surface area contributed by atoms with Gasteiger partial charge in [0, 0.05) is 17.3 Å². The molecule has 2 amide bonds. The number of para-hydroxylation sites is 1. The number of urea groups is 1. The predicted octanol–water partition coefficient (Wildman–Crippen LogP) is 0.281. The van der Waals surface area contributed by atoms with Gasteiger partial charge in [0.15, 0.2) is 5.69 Å². The zero-order valence-electron chi connectivity index (χ0n) is 12.2. The molecule has 2 rings (SSSR count). The van der Waals surface area contributed by atoms with Crippen LogP contribution >= 0.6 is 0 Å². The van der Waals surface area contributed by atoms with Crippen molar-refractivity contribution in [3.63, 3.8) is 0 Å². The van der Waals surface area contributed by atoms with Crippen molar-refractivity contribution < 1.29 is 24.8 Å². The highest BCUT2D eigenvalue weighted by atomic mass is 16.8. The Kier molecular flexibility index (Phi) is 4.76. The lowest BCUT2D eigenvalue weighted by atomic mass is 9.94. The molecule has 1 heterocycles. The molecule has 1 aromatic rings. The van der Waals surface area contributed by atoms with Gasteiger partial charge >= 0.3 is 12.0 Å². The van der Waals surface area contributed by atoms with Crippen LogP contribution in [0, 0.1) is 5.21 Å². The normalized spacial score (nSPS) is 19.3. The van der Waals surface area contributed by atoms with Gasteiger partial charge in [-0.1, -0.05) is 18.2 Å². The van der Waals surface area contributed by atoms with E-state index in [1.54, 1.807) is 32.0 Å². The third-order valence-electron chi connectivity index (χ3n) is 3.27. The highest BCUT2D eigenvalue weighted by molar-refractivity contribution is 5.95. The summed E-state index contributed by atoms with van der Waals surface area (Å²) < 4.78 is 5.00. The third-order valence-corrected chi connectivity index (χ3v) is 3.27. The molecule has 118 valence electrons. The minimum atomic E-state index is -1.13. The van der Waals surface area contributed by atoms with E-state index in [1.807, 2.05) is 0 Å². The fourth-order valence-electron chi connectivity index (χ4n) is 2.35. The Morgan fingerprint density at radius 1 is 1.45 bits per heavy atom. The molecule has 8 heteroatoms. The summed E-state index contributed by atoms with van der Waals surface area (Å²) in [5, 5.41) is 24.6. The lowest BCUT2D eigenvalue weighted by molar-refractivity contribution is -0.991. The van der Waals surface area contributed by atoms with Crippen molar-refractivity contribution in [1.29, 1.82) is 0 Å². The molecule has 1 aliphatic rings. The highest BCUT2D eigenvalue weighted by Crippen LogP contribution is 2.30. The minimum Gasteiger partial charge on any atom is -0.595 e. The van der Waals surface area contributed by atoms with Crippen LogP contribution in [0.5, 0.6) is 0 Å². The second-order valence-electron chi connectivity index (χ2n) is 4.68. The summed E-state index contributed by atoms with van der Waals surface area (Å²) in [7, 11) is 0. The second kappa shape index (κ2) is 6.56. The summed E-state index contributed by atoms with van der Waals surface area (Å²) in [4.78, 5) is 23.9. The van der Waals surface area contributed by atoms with E-state index in [4.69, 9.17) is 4.74 Å². The van der Waals surface area contributed by atoms with E-state index < -0.39 is 23.3 Å². The van der Waals surface area contributed by atoms with Crippen LogP contribution in [0.3, 0.4) is 0 Å². The number of hydrogen-bond donors (Lipinski definition) is 4. The first-order chi connectivity index (χ1) is 10.5. The van der Waals surface area contributed by atoms with Crippen LogP contribution in [-0.2, 0) is 9.53 Å². The number of hydrogen-bond acceptors (Lipinski definition) is 5. The quantitative estimate of drug-likeness (QED) is 0.471. The summed E-state index contributed by atoms with van der Waals surface area (Å²) in [5.74, 6) is -0.599. The second-order valence-corrected chi connectivity index (χ2v) is 4.68. The third kappa shape index (κ3) is 3.08. The number of amides is 2. The maximum absolute atomic E-state index is 12.2. The van der Waals surface area contributed by atoms with Crippen molar-refractivity contribution in [1.82, 2.24) is 10.6 Å². The van der Waals surface area contributed by atoms with Gasteiger partial charge in [-0.15, -0.1) is 0 Å². The van der Waals surface area contributed by atoms with Gasteiger partial charge in [-0.2, -0.15) is 5.23 Å². The van der Waals surface area contributed by atoms with E-state index in [-0.39, 0.29) is 17.9 Å². The summed E-state index contributed by atoms with van der Waals surface area (Å²) in [6.45, 7) is 3.42. The molecule has 0 radical (unpaired) electrons. The molecule has 1 aromatic carbocycles. The average Bonchev–Trinajstić information content (AvgIpc) is 2.46. The van der Waals surface area contributed by atoms with Gasteiger partial charge in [-0.3, -0.25) is 0 Å². The molecule has 2 unspecified atom stereocenters. The summed E-state index contributed by atoms with van der Waals surface area (Å²) in [6, 6.07) is 4.83. The maximum atomic E-state index is 12.2. The Hall–Kier alpha value is -2.42. The predicted molar refractivity (Wildman–Crippen MR) is 76.0 cm³/mol. The number of carbonyl (C=O) groups is 2. The molecule has 4 N–H and O–H groups in total. The van der Waals surface area contributed by atoms with E-state index in [0.717, 1.165) is 0 Å². The fourth-order valence-corrected chi connectivity index (χ4v) is 2.35. The van der Waals surface area contributed by atoms with E-state index in [1.165, 1.54) is 6.07 Å². The van der Waals surface area contributed by atoms with E-state index in [2.05, 4.69) is 10.6 Å². The van der Waals surface area contributed by atoms with Crippen molar-refractivity contribution in [3.05, 3.63) is 46.3 Å². The van der Waals surface area contributed by atoms with Gasteiger partial charge in [0.2, 0.25) is 0 Å². The largest absolute Gasteiger partial charge is 0.595 e. The summed E-state index contributed by atoms with van der Waals surface area (Å²) >= 11 is 0. The fraction of sp³-hybridized carbons (Fsp3) is 0.286. The molecule has 8 nitrogen and oxygen atoms in total. The maximum Gasteiger partial charge on any atom is 0.338 e. The number of allylic oxidation sites excluding steroid dienone is 1. The number of ether oxygens (including phenoxy) is 1. The Balaban J connectivity index is 2.53. The zero-order chi connectivity index (χ0) is 16.3. The van der Waals surface area contributed by atoms with Crippen LogP contribution in [0.25, 0.3) is 0 Å².